The summed E-state index contributed by atoms with van der Waals surface area (Å²) in [5, 5.41) is 0.718. The standard InChI is InChI=1S/C23H27ClN2.ClH/c24-20-5-4-6-21(17-20)25-18-19-7-9-22(10-8-19)26-15-13-23(14-16-26)11-2-1-3-12-23;/h4-10,17-18H,1-3,11-16H2;1H. The van der Waals surface area contributed by atoms with Gasteiger partial charge in [-0.25, -0.2) is 0 Å². The molecule has 144 valence electrons. The molecule has 1 heterocycles. The number of rotatable bonds is 3. The van der Waals surface area contributed by atoms with Crippen LogP contribution in [0.2, 0.25) is 5.02 Å². The van der Waals surface area contributed by atoms with Gasteiger partial charge >= 0.3 is 0 Å². The van der Waals surface area contributed by atoms with Crippen LogP contribution in [-0.2, 0) is 0 Å². The summed E-state index contributed by atoms with van der Waals surface area (Å²) >= 11 is 6.01. The Kier molecular flexibility index (Phi) is 6.83. The first-order chi connectivity index (χ1) is 12.7. The van der Waals surface area contributed by atoms with Gasteiger partial charge in [0.1, 0.15) is 0 Å². The molecule has 1 spiro atoms. The van der Waals surface area contributed by atoms with E-state index in [0.29, 0.717) is 5.41 Å². The lowest BCUT2D eigenvalue weighted by Crippen LogP contribution is -2.41. The number of halogens is 2. The van der Waals surface area contributed by atoms with Crippen molar-refractivity contribution in [1.82, 2.24) is 0 Å². The quantitative estimate of drug-likeness (QED) is 0.501. The van der Waals surface area contributed by atoms with Crippen molar-refractivity contribution in [2.45, 2.75) is 44.9 Å². The van der Waals surface area contributed by atoms with Crippen LogP contribution in [0.5, 0.6) is 0 Å². The summed E-state index contributed by atoms with van der Waals surface area (Å²) in [5.74, 6) is 0. The van der Waals surface area contributed by atoms with E-state index in [9.17, 15) is 0 Å². The molecule has 0 N–H and O–H groups in total. The van der Waals surface area contributed by atoms with Crippen molar-refractivity contribution in [2.24, 2.45) is 10.4 Å². The number of nitrogens with zero attached hydrogens (tertiary/aromatic N) is 2. The molecular formula is C23H28Cl2N2. The highest BCUT2D eigenvalue weighted by molar-refractivity contribution is 6.30. The molecule has 0 radical (unpaired) electrons. The van der Waals surface area contributed by atoms with E-state index in [0.717, 1.165) is 16.3 Å². The summed E-state index contributed by atoms with van der Waals surface area (Å²) in [5.41, 5.74) is 4.01. The zero-order chi connectivity index (χ0) is 17.8. The Morgan fingerprint density at radius 2 is 1.59 bits per heavy atom. The van der Waals surface area contributed by atoms with Crippen molar-refractivity contribution in [3.05, 3.63) is 59.1 Å². The van der Waals surface area contributed by atoms with Gasteiger partial charge in [0.05, 0.1) is 5.69 Å². The Balaban J connectivity index is 0.00000210. The molecule has 1 saturated heterocycles. The minimum absolute atomic E-state index is 0. The van der Waals surface area contributed by atoms with E-state index in [1.165, 1.54) is 63.7 Å². The van der Waals surface area contributed by atoms with Gasteiger partial charge in [-0.2, -0.15) is 0 Å². The molecule has 1 aliphatic carbocycles. The summed E-state index contributed by atoms with van der Waals surface area (Å²) in [4.78, 5) is 7.07. The third kappa shape index (κ3) is 5.06. The van der Waals surface area contributed by atoms with Crippen LogP contribution in [0.3, 0.4) is 0 Å². The summed E-state index contributed by atoms with van der Waals surface area (Å²) in [6, 6.07) is 16.4. The fraction of sp³-hybridized carbons (Fsp3) is 0.435. The minimum atomic E-state index is 0. The molecule has 2 aliphatic rings. The van der Waals surface area contributed by atoms with Crippen LogP contribution in [0.25, 0.3) is 0 Å². The van der Waals surface area contributed by atoms with Crippen molar-refractivity contribution < 1.29 is 0 Å². The predicted octanol–water partition coefficient (Wildman–Crippen LogP) is 7.06. The molecule has 4 heteroatoms. The molecule has 2 aromatic rings. The summed E-state index contributed by atoms with van der Waals surface area (Å²) < 4.78 is 0. The van der Waals surface area contributed by atoms with Gasteiger partial charge in [-0.3, -0.25) is 4.99 Å². The van der Waals surface area contributed by atoms with Gasteiger partial charge < -0.3 is 4.90 Å². The van der Waals surface area contributed by atoms with Gasteiger partial charge in [-0.15, -0.1) is 12.4 Å². The minimum Gasteiger partial charge on any atom is -0.371 e. The first kappa shape index (κ1) is 20.2. The maximum absolute atomic E-state index is 6.01. The fourth-order valence-electron chi connectivity index (χ4n) is 4.52. The second kappa shape index (κ2) is 9.12. The highest BCUT2D eigenvalue weighted by Crippen LogP contribution is 2.45. The maximum atomic E-state index is 6.01. The zero-order valence-corrected chi connectivity index (χ0v) is 17.3. The van der Waals surface area contributed by atoms with Gasteiger partial charge in [0.2, 0.25) is 0 Å². The molecular weight excluding hydrogens is 375 g/mol. The molecule has 4 rings (SSSR count). The topological polar surface area (TPSA) is 15.6 Å². The first-order valence-corrected chi connectivity index (χ1v) is 10.3. The number of hydrogen-bond donors (Lipinski definition) is 0. The van der Waals surface area contributed by atoms with Crippen molar-refractivity contribution >= 4 is 41.6 Å². The van der Waals surface area contributed by atoms with E-state index < -0.39 is 0 Å². The molecule has 27 heavy (non-hydrogen) atoms. The Hall–Kier alpha value is -1.51. The lowest BCUT2D eigenvalue weighted by atomic mass is 9.68. The molecule has 0 unspecified atom stereocenters. The maximum Gasteiger partial charge on any atom is 0.0644 e. The molecule has 0 bridgehead atoms. The van der Waals surface area contributed by atoms with E-state index in [1.54, 1.807) is 0 Å². The van der Waals surface area contributed by atoms with Gasteiger partial charge in [-0.1, -0.05) is 49.1 Å². The Bertz CT molecular complexity index is 754. The Morgan fingerprint density at radius 1 is 0.889 bits per heavy atom. The molecule has 2 fully saturated rings. The molecule has 2 nitrogen and oxygen atoms in total. The fourth-order valence-corrected chi connectivity index (χ4v) is 4.70. The van der Waals surface area contributed by atoms with Crippen molar-refractivity contribution in [3.63, 3.8) is 0 Å². The second-order valence-corrected chi connectivity index (χ2v) is 8.31. The van der Waals surface area contributed by atoms with Gasteiger partial charge in [0.25, 0.3) is 0 Å². The zero-order valence-electron chi connectivity index (χ0n) is 15.7. The number of hydrogen-bond acceptors (Lipinski definition) is 2. The summed E-state index contributed by atoms with van der Waals surface area (Å²) in [6.07, 6.45) is 11.9. The van der Waals surface area contributed by atoms with Crippen LogP contribution in [0.15, 0.2) is 53.5 Å². The van der Waals surface area contributed by atoms with Crippen LogP contribution < -0.4 is 4.90 Å². The number of aliphatic imine (C=N–C) groups is 1. The number of benzene rings is 2. The van der Waals surface area contributed by atoms with Crippen LogP contribution in [-0.4, -0.2) is 19.3 Å². The smallest absolute Gasteiger partial charge is 0.0644 e. The van der Waals surface area contributed by atoms with Crippen LogP contribution in [0.1, 0.15) is 50.5 Å². The average Bonchev–Trinajstić information content (AvgIpc) is 2.68. The van der Waals surface area contributed by atoms with E-state index in [2.05, 4.69) is 34.2 Å². The van der Waals surface area contributed by atoms with Crippen LogP contribution in [0.4, 0.5) is 11.4 Å². The SMILES string of the molecule is Cl.Clc1cccc(N=Cc2ccc(N3CCC4(CCCCC4)CC3)cc2)c1. The molecule has 1 aliphatic heterocycles. The lowest BCUT2D eigenvalue weighted by Gasteiger charge is -2.45. The van der Waals surface area contributed by atoms with E-state index in [4.69, 9.17) is 11.6 Å². The van der Waals surface area contributed by atoms with Gasteiger partial charge in [-0.05, 0) is 67.0 Å². The van der Waals surface area contributed by atoms with E-state index in [1.807, 2.05) is 30.5 Å². The monoisotopic (exact) mass is 402 g/mol. The van der Waals surface area contributed by atoms with Gasteiger partial charge in [0, 0.05) is 30.0 Å². The summed E-state index contributed by atoms with van der Waals surface area (Å²) in [7, 11) is 0. The third-order valence-electron chi connectivity index (χ3n) is 6.17. The van der Waals surface area contributed by atoms with Crippen molar-refractivity contribution in [3.8, 4) is 0 Å². The Labute approximate surface area is 174 Å². The molecule has 0 atom stereocenters. The highest BCUT2D eigenvalue weighted by Gasteiger charge is 2.35. The highest BCUT2D eigenvalue weighted by atomic mass is 35.5. The van der Waals surface area contributed by atoms with Crippen molar-refractivity contribution in [2.75, 3.05) is 18.0 Å². The third-order valence-corrected chi connectivity index (χ3v) is 6.40. The molecule has 0 aromatic heterocycles. The number of piperidine rings is 1. The normalized spacial score (nSPS) is 19.2. The lowest BCUT2D eigenvalue weighted by molar-refractivity contribution is 0.144. The van der Waals surface area contributed by atoms with Crippen LogP contribution >= 0.6 is 24.0 Å². The Morgan fingerprint density at radius 3 is 2.26 bits per heavy atom. The molecule has 1 saturated carbocycles. The summed E-state index contributed by atoms with van der Waals surface area (Å²) in [6.45, 7) is 2.41. The van der Waals surface area contributed by atoms with Crippen molar-refractivity contribution in [1.29, 1.82) is 0 Å². The van der Waals surface area contributed by atoms with Crippen LogP contribution in [0, 0.1) is 5.41 Å². The van der Waals surface area contributed by atoms with E-state index in [-0.39, 0.29) is 12.4 Å². The predicted molar refractivity (Wildman–Crippen MR) is 119 cm³/mol. The first-order valence-electron chi connectivity index (χ1n) is 9.87. The second-order valence-electron chi connectivity index (χ2n) is 7.88. The van der Waals surface area contributed by atoms with Gasteiger partial charge in [0.15, 0.2) is 0 Å². The number of anilines is 1. The molecule has 0 amide bonds. The van der Waals surface area contributed by atoms with E-state index >= 15 is 0 Å². The average molecular weight is 403 g/mol. The molecule has 2 aromatic carbocycles. The largest absolute Gasteiger partial charge is 0.371 e.